The van der Waals surface area contributed by atoms with E-state index in [1.54, 1.807) is 18.3 Å². The van der Waals surface area contributed by atoms with E-state index in [2.05, 4.69) is 22.2 Å². The first-order chi connectivity index (χ1) is 19.9. The van der Waals surface area contributed by atoms with Gasteiger partial charge in [-0.1, -0.05) is 12.1 Å². The van der Waals surface area contributed by atoms with Gasteiger partial charge in [0.1, 0.15) is 5.82 Å². The van der Waals surface area contributed by atoms with E-state index >= 15 is 0 Å². The van der Waals surface area contributed by atoms with Crippen LogP contribution in [0.4, 0.5) is 5.82 Å². The van der Waals surface area contributed by atoms with Crippen LogP contribution < -0.4 is 10.2 Å². The fourth-order valence-electron chi connectivity index (χ4n) is 5.16. The predicted octanol–water partition coefficient (Wildman–Crippen LogP) is 3.54. The Bertz CT molecular complexity index is 1710. The smallest absolute Gasteiger partial charge is 0.251 e. The molecule has 10 nitrogen and oxygen atoms in total. The number of carbonyl (C=O) groups is 1. The predicted molar refractivity (Wildman–Crippen MR) is 154 cm³/mol. The highest BCUT2D eigenvalue weighted by atomic mass is 32.2. The van der Waals surface area contributed by atoms with Crippen LogP contribution in [-0.2, 0) is 32.5 Å². The van der Waals surface area contributed by atoms with Crippen LogP contribution in [0.25, 0.3) is 22.3 Å². The summed E-state index contributed by atoms with van der Waals surface area (Å²) in [6.07, 6.45) is 3.68. The molecule has 1 fully saturated rings. The maximum Gasteiger partial charge on any atom is 0.251 e. The Hall–Kier alpha value is -3.93. The third kappa shape index (κ3) is 5.92. The first kappa shape index (κ1) is 27.3. The van der Waals surface area contributed by atoms with Gasteiger partial charge in [-0.15, -0.1) is 0 Å². The third-order valence-electron chi connectivity index (χ3n) is 7.58. The van der Waals surface area contributed by atoms with Gasteiger partial charge in [0, 0.05) is 43.4 Å². The van der Waals surface area contributed by atoms with E-state index in [0.29, 0.717) is 17.3 Å². The molecule has 11 heteroatoms. The zero-order valence-electron chi connectivity index (χ0n) is 22.7. The summed E-state index contributed by atoms with van der Waals surface area (Å²) >= 11 is 0. The van der Waals surface area contributed by atoms with Crippen LogP contribution in [0.3, 0.4) is 0 Å². The molecule has 1 saturated heterocycles. The molecule has 0 radical (unpaired) electrons. The summed E-state index contributed by atoms with van der Waals surface area (Å²) in [5.41, 5.74) is 3.73. The molecule has 2 aliphatic rings. The van der Waals surface area contributed by atoms with E-state index in [9.17, 15) is 13.2 Å². The third-order valence-corrected chi connectivity index (χ3v) is 9.33. The van der Waals surface area contributed by atoms with Crippen LogP contribution in [0.15, 0.2) is 65.7 Å². The van der Waals surface area contributed by atoms with Crippen molar-refractivity contribution in [1.82, 2.24) is 20.3 Å². The lowest BCUT2D eigenvalue weighted by Gasteiger charge is -2.32. The van der Waals surface area contributed by atoms with Gasteiger partial charge >= 0.3 is 0 Å². The monoisotopic (exact) mass is 573 g/mol. The lowest BCUT2D eigenvalue weighted by atomic mass is 10.1. The number of nitrogens with zero attached hydrogens (tertiary/aromatic N) is 4. The first-order valence-corrected chi connectivity index (χ1v) is 15.3. The van der Waals surface area contributed by atoms with E-state index in [1.807, 2.05) is 36.4 Å². The lowest BCUT2D eigenvalue weighted by Crippen LogP contribution is -2.37. The second-order valence-corrected chi connectivity index (χ2v) is 12.4. The number of hydrogen-bond acceptors (Lipinski definition) is 9. The van der Waals surface area contributed by atoms with Crippen molar-refractivity contribution in [2.45, 2.75) is 36.9 Å². The van der Waals surface area contributed by atoms with Crippen LogP contribution in [0, 0.1) is 0 Å². The average Bonchev–Trinajstić information content (AvgIpc) is 3.16. The molecular formula is C30H31N5O5S. The Balaban J connectivity index is 1.18. The van der Waals surface area contributed by atoms with Crippen LogP contribution in [0.2, 0.25) is 0 Å². The Morgan fingerprint density at radius 3 is 2.68 bits per heavy atom. The Kier molecular flexibility index (Phi) is 7.65. The molecular weight excluding hydrogens is 542 g/mol. The molecule has 0 atom stereocenters. The SMILES string of the molecule is CN(c1cccc(-c2ccc3cnc(CNC(=O)c4ccc5c(c4)S(=O)(=O)CCOC5)cc3n2)n1)C1CCOCC1. The minimum absolute atomic E-state index is 0.104. The van der Waals surface area contributed by atoms with Gasteiger partial charge in [0.15, 0.2) is 9.84 Å². The largest absolute Gasteiger partial charge is 0.381 e. The number of benzene rings is 1. The minimum Gasteiger partial charge on any atom is -0.381 e. The van der Waals surface area contributed by atoms with Crippen molar-refractivity contribution in [3.63, 3.8) is 0 Å². The summed E-state index contributed by atoms with van der Waals surface area (Å²) in [5.74, 6) is 0.409. The summed E-state index contributed by atoms with van der Waals surface area (Å²) in [5, 5.41) is 3.72. The summed E-state index contributed by atoms with van der Waals surface area (Å²) in [4.78, 5) is 29.5. The van der Waals surface area contributed by atoms with Gasteiger partial charge in [-0.3, -0.25) is 9.78 Å². The van der Waals surface area contributed by atoms with Crippen molar-refractivity contribution < 1.29 is 22.7 Å². The summed E-state index contributed by atoms with van der Waals surface area (Å²) in [6, 6.07) is 16.8. The second kappa shape index (κ2) is 11.5. The fourth-order valence-corrected chi connectivity index (χ4v) is 6.55. The number of fused-ring (bicyclic) bond motifs is 2. The molecule has 4 aromatic rings. The number of nitrogens with one attached hydrogen (secondary N) is 1. The van der Waals surface area contributed by atoms with Crippen molar-refractivity contribution in [2.24, 2.45) is 0 Å². The van der Waals surface area contributed by atoms with Gasteiger partial charge < -0.3 is 19.7 Å². The van der Waals surface area contributed by atoms with Crippen molar-refractivity contribution in [3.05, 3.63) is 77.6 Å². The molecule has 0 unspecified atom stereocenters. The second-order valence-electron chi connectivity index (χ2n) is 10.3. The zero-order chi connectivity index (χ0) is 28.4. The van der Waals surface area contributed by atoms with Gasteiger partial charge in [-0.05, 0) is 60.9 Å². The number of ether oxygens (including phenoxy) is 2. The molecule has 0 saturated carbocycles. The molecule has 0 bridgehead atoms. The molecule has 1 N–H and O–H groups in total. The lowest BCUT2D eigenvalue weighted by molar-refractivity contribution is 0.0853. The Morgan fingerprint density at radius 2 is 1.83 bits per heavy atom. The molecule has 2 aliphatic heterocycles. The van der Waals surface area contributed by atoms with Crippen molar-refractivity contribution >= 4 is 32.5 Å². The van der Waals surface area contributed by atoms with E-state index in [-0.39, 0.29) is 41.9 Å². The Labute approximate surface area is 238 Å². The number of pyridine rings is 3. The molecule has 0 spiro atoms. The first-order valence-electron chi connectivity index (χ1n) is 13.6. The topological polar surface area (TPSA) is 124 Å². The van der Waals surface area contributed by atoms with Crippen LogP contribution >= 0.6 is 0 Å². The van der Waals surface area contributed by atoms with E-state index in [0.717, 1.165) is 54.2 Å². The highest BCUT2D eigenvalue weighted by Gasteiger charge is 2.24. The summed E-state index contributed by atoms with van der Waals surface area (Å²) in [6.45, 7) is 2.04. The number of sulfone groups is 1. The number of aromatic nitrogens is 3. The number of anilines is 1. The van der Waals surface area contributed by atoms with Gasteiger partial charge in [0.2, 0.25) is 0 Å². The van der Waals surface area contributed by atoms with Crippen molar-refractivity contribution in [2.75, 3.05) is 37.5 Å². The molecule has 1 aromatic carbocycles. The average molecular weight is 574 g/mol. The van der Waals surface area contributed by atoms with Gasteiger partial charge in [0.25, 0.3) is 5.91 Å². The fraction of sp³-hybridized carbons (Fsp3) is 0.333. The standard InChI is InChI=1S/C30H31N5O5S/c1-35(24-9-11-39-12-10-24)29-4-2-3-25(34-29)26-8-7-21-17-31-23(16-27(21)33-26)18-32-30(36)20-5-6-22-19-40-13-14-41(37,38)28(22)15-20/h2-8,15-17,24H,9-14,18-19H2,1H3,(H,32,36). The molecule has 5 heterocycles. The van der Waals surface area contributed by atoms with E-state index in [1.165, 1.54) is 6.07 Å². The number of rotatable bonds is 6. The van der Waals surface area contributed by atoms with Crippen LogP contribution in [-0.4, -0.2) is 67.9 Å². The highest BCUT2D eigenvalue weighted by Crippen LogP contribution is 2.25. The molecule has 3 aromatic heterocycles. The van der Waals surface area contributed by atoms with Crippen LogP contribution in [0.5, 0.6) is 0 Å². The molecule has 6 rings (SSSR count). The van der Waals surface area contributed by atoms with E-state index in [4.69, 9.17) is 19.4 Å². The summed E-state index contributed by atoms with van der Waals surface area (Å²) < 4.78 is 36.0. The normalized spacial score (nSPS) is 17.0. The van der Waals surface area contributed by atoms with E-state index < -0.39 is 9.84 Å². The Morgan fingerprint density at radius 1 is 1.00 bits per heavy atom. The van der Waals surface area contributed by atoms with Gasteiger partial charge in [-0.2, -0.15) is 0 Å². The van der Waals surface area contributed by atoms with Crippen molar-refractivity contribution in [1.29, 1.82) is 0 Å². The van der Waals surface area contributed by atoms with Crippen LogP contribution in [0.1, 0.15) is 34.5 Å². The number of carbonyl (C=O) groups excluding carboxylic acids is 1. The quantitative estimate of drug-likeness (QED) is 0.369. The zero-order valence-corrected chi connectivity index (χ0v) is 23.6. The maximum absolute atomic E-state index is 12.9. The number of hydrogen-bond donors (Lipinski definition) is 1. The molecule has 41 heavy (non-hydrogen) atoms. The molecule has 1 amide bonds. The maximum atomic E-state index is 12.9. The highest BCUT2D eigenvalue weighted by molar-refractivity contribution is 7.91. The summed E-state index contributed by atoms with van der Waals surface area (Å²) in [7, 11) is -1.43. The minimum atomic E-state index is -3.50. The van der Waals surface area contributed by atoms with Gasteiger partial charge in [0.05, 0.1) is 53.0 Å². The molecule has 212 valence electrons. The molecule has 0 aliphatic carbocycles. The number of amides is 1. The van der Waals surface area contributed by atoms with Crippen molar-refractivity contribution in [3.8, 4) is 11.4 Å². The van der Waals surface area contributed by atoms with Gasteiger partial charge in [-0.25, -0.2) is 18.4 Å².